The molecular weight excluding hydrogens is 324 g/mol. The number of amides is 1. The van der Waals surface area contributed by atoms with Crippen LogP contribution in [0, 0.1) is 0 Å². The first-order valence-electron chi connectivity index (χ1n) is 7.20. The Hall–Kier alpha value is -1.90. The van der Waals surface area contributed by atoms with Crippen molar-refractivity contribution in [1.82, 2.24) is 4.90 Å². The van der Waals surface area contributed by atoms with Crippen molar-refractivity contribution in [1.29, 1.82) is 0 Å². The zero-order valence-electron chi connectivity index (χ0n) is 15.6. The second kappa shape index (κ2) is 9.71. The molecule has 0 aliphatic heterocycles. The van der Waals surface area contributed by atoms with E-state index >= 15 is 0 Å². The largest absolute Gasteiger partial charge is 1.00 e. The molecule has 2 aromatic carbocycles. The predicted octanol–water partition coefficient (Wildman–Crippen LogP) is -3.39. The number of phenolic OH excluding ortho intramolecular Hbond substituents is 1. The molecule has 0 spiro atoms. The van der Waals surface area contributed by atoms with E-state index in [0.29, 0.717) is 0 Å². The van der Waals surface area contributed by atoms with Gasteiger partial charge in [-0.3, -0.25) is 14.4 Å². The van der Waals surface area contributed by atoms with E-state index in [1.54, 1.807) is 21.0 Å². The van der Waals surface area contributed by atoms with Gasteiger partial charge in [0.2, 0.25) is 10.9 Å². The molecule has 1 atom stereocenters. The second-order valence-electron chi connectivity index (χ2n) is 5.45. The molecule has 0 heterocycles. The average Bonchev–Trinajstić information content (AvgIpc) is 2.57. The number of hydrogen-bond donors (Lipinski definition) is 1. The minimum absolute atomic E-state index is 0. The summed E-state index contributed by atoms with van der Waals surface area (Å²) in [4.78, 5) is 36.7. The molecule has 2 rings (SSSR count). The average molecular weight is 341 g/mol. The summed E-state index contributed by atoms with van der Waals surface area (Å²) in [6, 6.07) is 4.07. The number of carbonyl (C=O) groups excluding carboxylic acids is 1. The van der Waals surface area contributed by atoms with Crippen LogP contribution in [0.4, 0.5) is 17.1 Å². The van der Waals surface area contributed by atoms with Gasteiger partial charge in [0.05, 0.1) is 5.56 Å². The number of nitrogens with zero attached hydrogens (tertiary/aromatic N) is 3. The minimum atomic E-state index is -0.770. The van der Waals surface area contributed by atoms with Gasteiger partial charge in [0, 0.05) is 14.1 Å². The minimum Gasteiger partial charge on any atom is -0.676 e. The molecule has 0 saturated heterocycles. The van der Waals surface area contributed by atoms with E-state index in [1.165, 1.54) is 29.2 Å². The molecule has 0 bridgehead atoms. The number of para-hydroxylation sites is 1. The molecule has 0 saturated carbocycles. The molecule has 126 valence electrons. The quantitative estimate of drug-likeness (QED) is 0.336. The van der Waals surface area contributed by atoms with E-state index < -0.39 is 16.8 Å². The van der Waals surface area contributed by atoms with Gasteiger partial charge in [0.1, 0.15) is 5.75 Å². The maximum Gasteiger partial charge on any atom is 1.00 e. The van der Waals surface area contributed by atoms with E-state index in [-0.39, 0.29) is 72.1 Å². The smallest absolute Gasteiger partial charge is 0.676 e. The van der Waals surface area contributed by atoms with Crippen LogP contribution in [0.2, 0.25) is 0 Å². The summed E-state index contributed by atoms with van der Waals surface area (Å²) in [5, 5.41) is 18.3. The Labute approximate surface area is 175 Å². The maximum absolute atomic E-state index is 12.0. The van der Waals surface area contributed by atoms with Crippen LogP contribution in [0.15, 0.2) is 40.4 Å². The zero-order chi connectivity index (χ0) is 18.0. The Morgan fingerprint density at radius 1 is 1.19 bits per heavy atom. The van der Waals surface area contributed by atoms with Crippen LogP contribution in [0.3, 0.4) is 0 Å². The summed E-state index contributed by atoms with van der Waals surface area (Å²) in [7, 11) is 3.10. The zero-order valence-corrected chi connectivity index (χ0v) is 15.6. The number of phenols is 1. The SMILES string of the molecule is C=CC(C)[N-]c1c([N-]c2cccc(C(=O)N(C)C)c2O)c(=O)c1=O.[Li+].[Li+]. The Morgan fingerprint density at radius 3 is 2.31 bits per heavy atom. The van der Waals surface area contributed by atoms with Gasteiger partial charge < -0.3 is 20.6 Å². The Morgan fingerprint density at radius 2 is 1.77 bits per heavy atom. The summed E-state index contributed by atoms with van der Waals surface area (Å²) in [5.41, 5.74) is -1.58. The molecule has 1 amide bonds. The van der Waals surface area contributed by atoms with E-state index in [4.69, 9.17) is 0 Å². The topological polar surface area (TPSA) is 103 Å². The normalized spacial score (nSPS) is 10.9. The van der Waals surface area contributed by atoms with Crippen molar-refractivity contribution in [3.63, 3.8) is 0 Å². The summed E-state index contributed by atoms with van der Waals surface area (Å²) in [6.45, 7) is 5.27. The Balaban J connectivity index is 0.00000312. The summed E-state index contributed by atoms with van der Waals surface area (Å²) in [5.74, 6) is -0.758. The van der Waals surface area contributed by atoms with Gasteiger partial charge in [0.15, 0.2) is 0 Å². The predicted molar refractivity (Wildman–Crippen MR) is 92.8 cm³/mol. The maximum atomic E-state index is 12.0. The first-order chi connectivity index (χ1) is 11.3. The molecule has 0 aliphatic carbocycles. The third-order valence-electron chi connectivity index (χ3n) is 3.42. The molecule has 0 aromatic heterocycles. The van der Waals surface area contributed by atoms with Crippen LogP contribution in [-0.2, 0) is 0 Å². The molecule has 0 radical (unpaired) electrons. The molecular formula is C17H17Li2N3O4. The molecule has 7 nitrogen and oxygen atoms in total. The van der Waals surface area contributed by atoms with Crippen molar-refractivity contribution in [3.8, 4) is 5.75 Å². The molecule has 1 unspecified atom stereocenters. The summed E-state index contributed by atoms with van der Waals surface area (Å²) < 4.78 is 0. The fourth-order valence-electron chi connectivity index (χ4n) is 2.00. The van der Waals surface area contributed by atoms with Gasteiger partial charge in [-0.15, -0.1) is 18.7 Å². The monoisotopic (exact) mass is 341 g/mol. The first-order valence-corrected chi connectivity index (χ1v) is 7.20. The van der Waals surface area contributed by atoms with Crippen LogP contribution in [0.25, 0.3) is 10.6 Å². The van der Waals surface area contributed by atoms with Crippen LogP contribution in [-0.4, -0.2) is 36.1 Å². The van der Waals surface area contributed by atoms with Crippen molar-refractivity contribution >= 4 is 23.0 Å². The van der Waals surface area contributed by atoms with Crippen LogP contribution in [0.1, 0.15) is 17.3 Å². The van der Waals surface area contributed by atoms with Gasteiger partial charge in [-0.1, -0.05) is 36.1 Å². The molecule has 0 fully saturated rings. The van der Waals surface area contributed by atoms with Crippen molar-refractivity contribution in [2.45, 2.75) is 13.0 Å². The number of benzene rings is 1. The molecule has 2 aromatic rings. The van der Waals surface area contributed by atoms with E-state index in [9.17, 15) is 19.5 Å². The van der Waals surface area contributed by atoms with E-state index in [0.717, 1.165) is 0 Å². The van der Waals surface area contributed by atoms with Crippen LogP contribution < -0.4 is 48.6 Å². The van der Waals surface area contributed by atoms with Gasteiger partial charge in [0.25, 0.3) is 5.91 Å². The van der Waals surface area contributed by atoms with Crippen molar-refractivity contribution < 1.29 is 47.6 Å². The standard InChI is InChI=1S/C17H19N3O4.2Li/c1-5-9(2)18-12-13(16(23)15(12)22)19-11-8-6-7-10(14(11)21)17(24)20(3)4;;/h5-9H,1H2,2-4H3,(H3,18,19,21,22,23,24);;/q;2*+1/p-2. The number of hydrogen-bond acceptors (Lipinski definition) is 4. The third-order valence-corrected chi connectivity index (χ3v) is 3.42. The van der Waals surface area contributed by atoms with Gasteiger partial charge >= 0.3 is 37.7 Å². The molecule has 9 heteroatoms. The number of rotatable bonds is 6. The van der Waals surface area contributed by atoms with E-state index in [1.807, 2.05) is 0 Å². The van der Waals surface area contributed by atoms with Crippen molar-refractivity contribution in [2.75, 3.05) is 14.1 Å². The van der Waals surface area contributed by atoms with Crippen LogP contribution >= 0.6 is 0 Å². The molecule has 26 heavy (non-hydrogen) atoms. The van der Waals surface area contributed by atoms with Crippen molar-refractivity contribution in [3.05, 3.63) is 67.5 Å². The number of aromatic hydroxyl groups is 1. The first kappa shape index (κ1) is 24.1. The number of carbonyl (C=O) groups is 1. The molecule has 1 N–H and O–H groups in total. The molecule has 0 aliphatic rings. The van der Waals surface area contributed by atoms with Crippen molar-refractivity contribution in [2.24, 2.45) is 0 Å². The second-order valence-corrected chi connectivity index (χ2v) is 5.45. The fourth-order valence-corrected chi connectivity index (χ4v) is 2.00. The summed E-state index contributed by atoms with van der Waals surface area (Å²) >= 11 is 0. The fraction of sp³-hybridized carbons (Fsp3) is 0.235. The third kappa shape index (κ3) is 4.63. The van der Waals surface area contributed by atoms with Gasteiger partial charge in [-0.25, -0.2) is 0 Å². The van der Waals surface area contributed by atoms with Crippen LogP contribution in [0.5, 0.6) is 5.75 Å². The van der Waals surface area contributed by atoms with E-state index in [2.05, 4.69) is 17.2 Å². The van der Waals surface area contributed by atoms with Gasteiger partial charge in [-0.2, -0.15) is 0 Å². The Kier molecular flexibility index (Phi) is 9.00. The Bertz CT molecular complexity index is 873. The van der Waals surface area contributed by atoms with Gasteiger partial charge in [-0.05, 0) is 6.07 Å². The summed E-state index contributed by atoms with van der Waals surface area (Å²) in [6.07, 6.45) is 1.52.